The molecule has 0 atom stereocenters. The van der Waals surface area contributed by atoms with Gasteiger partial charge in [-0.05, 0) is 24.5 Å². The van der Waals surface area contributed by atoms with Crippen molar-refractivity contribution in [1.82, 2.24) is 10.2 Å². The van der Waals surface area contributed by atoms with E-state index in [2.05, 4.69) is 10.1 Å². The first kappa shape index (κ1) is 15.6. The third kappa shape index (κ3) is 4.11. The Labute approximate surface area is 129 Å². The highest BCUT2D eigenvalue weighted by atomic mass is 35.5. The number of nitrogens with zero attached hydrogens (tertiary/aromatic N) is 1. The quantitative estimate of drug-likeness (QED) is 0.933. The predicted octanol–water partition coefficient (Wildman–Crippen LogP) is 2.43. The molecule has 1 aliphatic rings. The minimum atomic E-state index is -0.329. The Morgan fingerprint density at radius 3 is 2.62 bits per heavy atom. The molecule has 1 fully saturated rings. The zero-order valence-electron chi connectivity index (χ0n) is 12.0. The lowest BCUT2D eigenvalue weighted by molar-refractivity contribution is -0.126. The SMILES string of the molecule is COC(=O)N1CCC(C(=O)NCc2ccccc2Cl)CC1. The van der Waals surface area contributed by atoms with Crippen molar-refractivity contribution in [2.45, 2.75) is 19.4 Å². The maximum atomic E-state index is 12.1. The number of nitrogens with one attached hydrogen (secondary N) is 1. The molecule has 0 unspecified atom stereocenters. The average Bonchev–Trinajstić information content (AvgIpc) is 2.53. The van der Waals surface area contributed by atoms with E-state index in [1.165, 1.54) is 7.11 Å². The molecule has 6 heteroatoms. The van der Waals surface area contributed by atoms with Crippen molar-refractivity contribution in [2.24, 2.45) is 5.92 Å². The number of rotatable bonds is 3. The van der Waals surface area contributed by atoms with Gasteiger partial charge in [0.15, 0.2) is 0 Å². The number of carbonyl (C=O) groups is 2. The van der Waals surface area contributed by atoms with Crippen LogP contribution in [-0.4, -0.2) is 37.1 Å². The topological polar surface area (TPSA) is 58.6 Å². The number of hydrogen-bond acceptors (Lipinski definition) is 3. The van der Waals surface area contributed by atoms with Crippen molar-refractivity contribution in [3.05, 3.63) is 34.9 Å². The molecule has 1 aromatic carbocycles. The van der Waals surface area contributed by atoms with E-state index >= 15 is 0 Å². The van der Waals surface area contributed by atoms with Crippen LogP contribution in [-0.2, 0) is 16.1 Å². The summed E-state index contributed by atoms with van der Waals surface area (Å²) in [6, 6.07) is 7.44. The second-order valence-electron chi connectivity index (χ2n) is 5.04. The van der Waals surface area contributed by atoms with Crippen LogP contribution in [0, 0.1) is 5.92 Å². The molecule has 1 aromatic rings. The molecule has 1 aliphatic heterocycles. The fourth-order valence-electron chi connectivity index (χ4n) is 2.42. The first-order valence-electron chi connectivity index (χ1n) is 6.96. The van der Waals surface area contributed by atoms with E-state index < -0.39 is 0 Å². The van der Waals surface area contributed by atoms with Gasteiger partial charge >= 0.3 is 6.09 Å². The summed E-state index contributed by atoms with van der Waals surface area (Å²) in [7, 11) is 1.37. The minimum absolute atomic E-state index is 0.0134. The lowest BCUT2D eigenvalue weighted by Crippen LogP contribution is -2.42. The van der Waals surface area contributed by atoms with E-state index in [1.807, 2.05) is 18.2 Å². The second-order valence-corrected chi connectivity index (χ2v) is 5.45. The summed E-state index contributed by atoms with van der Waals surface area (Å²) in [5.74, 6) is -0.0483. The molecule has 1 saturated heterocycles. The summed E-state index contributed by atoms with van der Waals surface area (Å²) in [5, 5.41) is 3.56. The Balaban J connectivity index is 1.80. The molecule has 2 rings (SSSR count). The van der Waals surface area contributed by atoms with Crippen molar-refractivity contribution in [1.29, 1.82) is 0 Å². The van der Waals surface area contributed by atoms with E-state index in [-0.39, 0.29) is 17.9 Å². The van der Waals surface area contributed by atoms with Crippen LogP contribution in [0.1, 0.15) is 18.4 Å². The first-order chi connectivity index (χ1) is 10.1. The van der Waals surface area contributed by atoms with Crippen LogP contribution in [0.4, 0.5) is 4.79 Å². The lowest BCUT2D eigenvalue weighted by atomic mass is 9.96. The van der Waals surface area contributed by atoms with Crippen molar-refractivity contribution in [3.8, 4) is 0 Å². The molecule has 2 amide bonds. The highest BCUT2D eigenvalue weighted by Crippen LogP contribution is 2.19. The number of piperidine rings is 1. The van der Waals surface area contributed by atoms with Crippen molar-refractivity contribution in [3.63, 3.8) is 0 Å². The van der Waals surface area contributed by atoms with Crippen LogP contribution in [0.15, 0.2) is 24.3 Å². The lowest BCUT2D eigenvalue weighted by Gasteiger charge is -2.30. The number of hydrogen-bond donors (Lipinski definition) is 1. The summed E-state index contributed by atoms with van der Waals surface area (Å²) in [6.07, 6.45) is 0.984. The van der Waals surface area contributed by atoms with E-state index in [0.717, 1.165) is 5.56 Å². The Morgan fingerprint density at radius 1 is 1.33 bits per heavy atom. The Bertz CT molecular complexity index is 513. The Kier molecular flexibility index (Phi) is 5.44. The van der Waals surface area contributed by atoms with Gasteiger partial charge < -0.3 is 15.0 Å². The number of halogens is 1. The third-order valence-electron chi connectivity index (χ3n) is 3.71. The van der Waals surface area contributed by atoms with Gasteiger partial charge in [0, 0.05) is 30.6 Å². The minimum Gasteiger partial charge on any atom is -0.453 e. The molecule has 114 valence electrons. The Morgan fingerprint density at radius 2 is 2.00 bits per heavy atom. The smallest absolute Gasteiger partial charge is 0.409 e. The van der Waals surface area contributed by atoms with Crippen LogP contribution >= 0.6 is 11.6 Å². The molecule has 0 spiro atoms. The maximum absolute atomic E-state index is 12.1. The largest absolute Gasteiger partial charge is 0.453 e. The number of amides is 2. The first-order valence-corrected chi connectivity index (χ1v) is 7.33. The summed E-state index contributed by atoms with van der Waals surface area (Å²) < 4.78 is 4.68. The zero-order valence-corrected chi connectivity index (χ0v) is 12.7. The number of likely N-dealkylation sites (tertiary alicyclic amines) is 1. The monoisotopic (exact) mass is 310 g/mol. The molecule has 5 nitrogen and oxygen atoms in total. The standard InChI is InChI=1S/C15H19ClN2O3/c1-21-15(20)18-8-6-11(7-9-18)14(19)17-10-12-4-2-3-5-13(12)16/h2-5,11H,6-10H2,1H3,(H,17,19). The third-order valence-corrected chi connectivity index (χ3v) is 4.08. The average molecular weight is 311 g/mol. The summed E-state index contributed by atoms with van der Waals surface area (Å²) in [6.45, 7) is 1.53. The van der Waals surface area contributed by atoms with Gasteiger partial charge in [0.25, 0.3) is 0 Å². The molecule has 0 bridgehead atoms. The van der Waals surface area contributed by atoms with Crippen LogP contribution in [0.2, 0.25) is 5.02 Å². The Hall–Kier alpha value is -1.75. The molecule has 1 heterocycles. The van der Waals surface area contributed by atoms with Crippen LogP contribution in [0.3, 0.4) is 0 Å². The normalized spacial score (nSPS) is 15.6. The van der Waals surface area contributed by atoms with Crippen molar-refractivity contribution >= 4 is 23.6 Å². The van der Waals surface area contributed by atoms with Gasteiger partial charge in [0.1, 0.15) is 0 Å². The van der Waals surface area contributed by atoms with Gasteiger partial charge in [-0.3, -0.25) is 4.79 Å². The summed E-state index contributed by atoms with van der Waals surface area (Å²) in [5.41, 5.74) is 0.902. The fourth-order valence-corrected chi connectivity index (χ4v) is 2.62. The predicted molar refractivity (Wildman–Crippen MR) is 80.0 cm³/mol. The number of methoxy groups -OCH3 is 1. The number of ether oxygens (including phenoxy) is 1. The van der Waals surface area contributed by atoms with Crippen molar-refractivity contribution in [2.75, 3.05) is 20.2 Å². The molecule has 1 N–H and O–H groups in total. The van der Waals surface area contributed by atoms with Crippen molar-refractivity contribution < 1.29 is 14.3 Å². The van der Waals surface area contributed by atoms with E-state index in [9.17, 15) is 9.59 Å². The highest BCUT2D eigenvalue weighted by molar-refractivity contribution is 6.31. The molecular weight excluding hydrogens is 292 g/mol. The van der Waals surface area contributed by atoms with Gasteiger partial charge in [-0.1, -0.05) is 29.8 Å². The zero-order chi connectivity index (χ0) is 15.2. The highest BCUT2D eigenvalue weighted by Gasteiger charge is 2.27. The van der Waals surface area contributed by atoms with Gasteiger partial charge in [-0.2, -0.15) is 0 Å². The van der Waals surface area contributed by atoms with Crippen LogP contribution < -0.4 is 5.32 Å². The van der Waals surface area contributed by atoms with E-state index in [1.54, 1.807) is 11.0 Å². The van der Waals surface area contributed by atoms with Gasteiger partial charge in [0.05, 0.1) is 7.11 Å². The number of carbonyl (C=O) groups excluding carboxylic acids is 2. The van der Waals surface area contributed by atoms with E-state index in [0.29, 0.717) is 37.5 Å². The van der Waals surface area contributed by atoms with Crippen LogP contribution in [0.5, 0.6) is 0 Å². The maximum Gasteiger partial charge on any atom is 0.409 e. The van der Waals surface area contributed by atoms with Gasteiger partial charge in [-0.25, -0.2) is 4.79 Å². The molecular formula is C15H19ClN2O3. The molecule has 0 aliphatic carbocycles. The molecule has 21 heavy (non-hydrogen) atoms. The number of benzene rings is 1. The molecule has 0 aromatic heterocycles. The fraction of sp³-hybridized carbons (Fsp3) is 0.467. The summed E-state index contributed by atoms with van der Waals surface area (Å²) >= 11 is 6.05. The van der Waals surface area contributed by atoms with Gasteiger partial charge in [0.2, 0.25) is 5.91 Å². The van der Waals surface area contributed by atoms with Gasteiger partial charge in [-0.15, -0.1) is 0 Å². The summed E-state index contributed by atoms with van der Waals surface area (Å²) in [4.78, 5) is 25.1. The van der Waals surface area contributed by atoms with E-state index in [4.69, 9.17) is 11.6 Å². The second kappa shape index (κ2) is 7.31. The molecule has 0 radical (unpaired) electrons. The van der Waals surface area contributed by atoms with Crippen LogP contribution in [0.25, 0.3) is 0 Å². The molecule has 0 saturated carbocycles.